The Bertz CT molecular complexity index is 958. The van der Waals surface area contributed by atoms with Gasteiger partial charge in [0.2, 0.25) is 0 Å². The monoisotopic (exact) mass is 858 g/mol. The first-order valence-electron chi connectivity index (χ1n) is 18.9. The van der Waals surface area contributed by atoms with Crippen molar-refractivity contribution in [1.29, 1.82) is 0 Å². The van der Waals surface area contributed by atoms with Crippen molar-refractivity contribution in [2.75, 3.05) is 19.8 Å². The Morgan fingerprint density at radius 2 is 1.21 bits per heavy atom. The predicted octanol–water partition coefficient (Wildman–Crippen LogP) is 12.1. The lowest BCUT2D eigenvalue weighted by atomic mass is 9.96. The summed E-state index contributed by atoms with van der Waals surface area (Å²) in [5.74, 6) is 0. The molecule has 0 aromatic rings. The van der Waals surface area contributed by atoms with E-state index in [-0.39, 0.29) is 45.6 Å². The van der Waals surface area contributed by atoms with Gasteiger partial charge in [-0.05, 0) is 102 Å². The summed E-state index contributed by atoms with van der Waals surface area (Å²) in [7, 11) is -7.87. The Morgan fingerprint density at radius 3 is 1.67 bits per heavy atom. The standard InChI is InChI=1S/C37H79IO6Si4/c1-19-48(20-2,21-3)40-27-25-30-22-23-32(39-28-31(24-26-38)43-46(15,16)36(7,8)9)34(42-30)33(44-47(17,18)37(10,11)12)29-41-45(13,14)35(4,5)6/h24,26,30-34H,19-23,25,27-29H2,1-18H3/b26-24+/t30?,31?,32-,33+,34?/m0/s1. The zero-order chi connectivity index (χ0) is 37.4. The minimum absolute atomic E-state index is 0.0576. The van der Waals surface area contributed by atoms with Crippen LogP contribution in [0.2, 0.25) is 72.5 Å². The molecule has 5 atom stereocenters. The van der Waals surface area contributed by atoms with E-state index < -0.39 is 33.3 Å². The number of ether oxygens (including phenoxy) is 2. The molecule has 1 fully saturated rings. The van der Waals surface area contributed by atoms with Crippen molar-refractivity contribution in [3.8, 4) is 0 Å². The molecule has 6 nitrogen and oxygen atoms in total. The molecule has 0 radical (unpaired) electrons. The fourth-order valence-electron chi connectivity index (χ4n) is 5.31. The van der Waals surface area contributed by atoms with Gasteiger partial charge in [0.15, 0.2) is 33.3 Å². The Kier molecular flexibility index (Phi) is 18.6. The van der Waals surface area contributed by atoms with E-state index >= 15 is 0 Å². The van der Waals surface area contributed by atoms with Gasteiger partial charge < -0.3 is 27.2 Å². The predicted molar refractivity (Wildman–Crippen MR) is 226 cm³/mol. The molecule has 0 spiro atoms. The third-order valence-corrected chi connectivity index (χ3v) is 30.9. The van der Waals surface area contributed by atoms with Crippen molar-refractivity contribution < 1.29 is 27.2 Å². The van der Waals surface area contributed by atoms with E-state index in [4.69, 9.17) is 27.2 Å². The third-order valence-electron chi connectivity index (χ3n) is 12.3. The number of hydrogen-bond donors (Lipinski definition) is 0. The van der Waals surface area contributed by atoms with Gasteiger partial charge in [0.25, 0.3) is 0 Å². The van der Waals surface area contributed by atoms with E-state index in [1.807, 2.05) is 0 Å². The lowest BCUT2D eigenvalue weighted by Crippen LogP contribution is -2.57. The zero-order valence-corrected chi connectivity index (χ0v) is 40.9. The van der Waals surface area contributed by atoms with E-state index in [0.29, 0.717) is 13.2 Å². The molecule has 0 N–H and O–H groups in total. The van der Waals surface area contributed by atoms with Crippen molar-refractivity contribution in [2.24, 2.45) is 0 Å². The second-order valence-corrected chi connectivity index (χ2v) is 38.6. The molecule has 11 heteroatoms. The average Bonchev–Trinajstić information content (AvgIpc) is 2.95. The fourth-order valence-corrected chi connectivity index (χ4v) is 12.0. The van der Waals surface area contributed by atoms with Crippen LogP contribution in [0.4, 0.5) is 0 Å². The molecule has 1 heterocycles. The van der Waals surface area contributed by atoms with Crippen LogP contribution in [0.15, 0.2) is 10.2 Å². The van der Waals surface area contributed by atoms with Gasteiger partial charge in [-0.25, -0.2) is 0 Å². The lowest BCUT2D eigenvalue weighted by molar-refractivity contribution is -0.184. The first-order valence-corrected chi connectivity index (χ1v) is 31.4. The van der Waals surface area contributed by atoms with Gasteiger partial charge in [-0.1, -0.05) is 106 Å². The third kappa shape index (κ3) is 13.8. The summed E-state index contributed by atoms with van der Waals surface area (Å²) >= 11 is 2.30. The summed E-state index contributed by atoms with van der Waals surface area (Å²) in [4.78, 5) is 0. The number of halogens is 1. The van der Waals surface area contributed by atoms with Crippen molar-refractivity contribution in [3.05, 3.63) is 10.2 Å². The summed E-state index contributed by atoms with van der Waals surface area (Å²) in [6, 6.07) is 3.50. The van der Waals surface area contributed by atoms with Gasteiger partial charge in [0, 0.05) is 6.61 Å². The Balaban J connectivity index is 3.46. The van der Waals surface area contributed by atoms with Crippen LogP contribution in [0.3, 0.4) is 0 Å². The number of rotatable bonds is 19. The summed E-state index contributed by atoms with van der Waals surface area (Å²) in [5.41, 5.74) is 0. The van der Waals surface area contributed by atoms with E-state index in [1.165, 1.54) is 18.1 Å². The molecule has 0 bridgehead atoms. The van der Waals surface area contributed by atoms with E-state index in [2.05, 4.69) is 155 Å². The van der Waals surface area contributed by atoms with Crippen LogP contribution in [-0.2, 0) is 27.2 Å². The van der Waals surface area contributed by atoms with Crippen LogP contribution >= 0.6 is 22.6 Å². The first kappa shape index (κ1) is 47.1. The molecule has 1 rings (SSSR count). The van der Waals surface area contributed by atoms with Crippen molar-refractivity contribution in [2.45, 2.75) is 205 Å². The quantitative estimate of drug-likeness (QED) is 0.0953. The Morgan fingerprint density at radius 1 is 0.708 bits per heavy atom. The normalized spacial score (nSPS) is 22.4. The van der Waals surface area contributed by atoms with E-state index in [1.54, 1.807) is 0 Å². The Labute approximate surface area is 316 Å². The molecular weight excluding hydrogens is 780 g/mol. The molecule has 0 amide bonds. The average molecular weight is 859 g/mol. The summed E-state index contributed by atoms with van der Waals surface area (Å²) < 4.78 is 43.9. The molecule has 0 aromatic heterocycles. The maximum atomic E-state index is 7.29. The van der Waals surface area contributed by atoms with Gasteiger partial charge in [0.1, 0.15) is 6.10 Å². The van der Waals surface area contributed by atoms with Crippen molar-refractivity contribution >= 4 is 55.9 Å². The van der Waals surface area contributed by atoms with Crippen LogP contribution in [0.5, 0.6) is 0 Å². The fraction of sp³-hybridized carbons (Fsp3) is 0.946. The van der Waals surface area contributed by atoms with E-state index in [9.17, 15) is 0 Å². The molecule has 0 saturated carbocycles. The zero-order valence-electron chi connectivity index (χ0n) is 34.7. The van der Waals surface area contributed by atoms with Crippen LogP contribution in [0, 0.1) is 0 Å². The van der Waals surface area contributed by atoms with Gasteiger partial charge in [-0.3, -0.25) is 0 Å². The highest BCUT2D eigenvalue weighted by molar-refractivity contribution is 14.1. The van der Waals surface area contributed by atoms with Gasteiger partial charge >= 0.3 is 0 Å². The summed E-state index contributed by atoms with van der Waals surface area (Å²) in [6.07, 6.45) is 4.38. The van der Waals surface area contributed by atoms with Crippen molar-refractivity contribution in [1.82, 2.24) is 0 Å². The molecule has 0 aromatic carbocycles. The maximum Gasteiger partial charge on any atom is 0.192 e. The Hall–Kier alpha value is 1.10. The van der Waals surface area contributed by atoms with E-state index in [0.717, 1.165) is 25.9 Å². The van der Waals surface area contributed by atoms with Gasteiger partial charge in [-0.15, -0.1) is 0 Å². The largest absolute Gasteiger partial charge is 0.417 e. The molecule has 286 valence electrons. The second kappa shape index (κ2) is 18.9. The van der Waals surface area contributed by atoms with Crippen LogP contribution < -0.4 is 0 Å². The maximum absolute atomic E-state index is 7.29. The first-order chi connectivity index (χ1) is 21.7. The minimum atomic E-state index is -2.17. The SMILES string of the molecule is CC[Si](CC)(CC)OCCC1CC[C@H](OCC(/C=C/I)O[Si](C)(C)C(C)(C)C)C([C@@H](CO[Si](C)(C)C(C)(C)C)O[Si](C)(C)C(C)(C)C)O1. The molecular formula is C37H79IO6Si4. The van der Waals surface area contributed by atoms with Crippen molar-refractivity contribution in [3.63, 3.8) is 0 Å². The molecule has 48 heavy (non-hydrogen) atoms. The molecule has 1 saturated heterocycles. The summed E-state index contributed by atoms with van der Waals surface area (Å²) in [6.45, 7) is 43.4. The smallest absolute Gasteiger partial charge is 0.192 e. The van der Waals surface area contributed by atoms with Crippen LogP contribution in [0.1, 0.15) is 102 Å². The molecule has 1 aliphatic heterocycles. The minimum Gasteiger partial charge on any atom is -0.417 e. The topological polar surface area (TPSA) is 55.4 Å². The summed E-state index contributed by atoms with van der Waals surface area (Å²) in [5, 5.41) is 0.279. The highest BCUT2D eigenvalue weighted by Gasteiger charge is 2.47. The number of hydrogen-bond acceptors (Lipinski definition) is 6. The highest BCUT2D eigenvalue weighted by Crippen LogP contribution is 2.42. The lowest BCUT2D eigenvalue weighted by Gasteiger charge is -2.47. The molecule has 0 aliphatic carbocycles. The highest BCUT2D eigenvalue weighted by atomic mass is 127. The van der Waals surface area contributed by atoms with Gasteiger partial charge in [0.05, 0.1) is 37.6 Å². The molecule has 3 unspecified atom stereocenters. The van der Waals surface area contributed by atoms with Gasteiger partial charge in [-0.2, -0.15) is 0 Å². The van der Waals surface area contributed by atoms with Crippen LogP contribution in [0.25, 0.3) is 0 Å². The van der Waals surface area contributed by atoms with Crippen LogP contribution in [-0.4, -0.2) is 83.6 Å². The molecule has 1 aliphatic rings. The second-order valence-electron chi connectivity index (χ2n) is 18.8.